The summed E-state index contributed by atoms with van der Waals surface area (Å²) in [6.45, 7) is 1.96. The molecule has 1 saturated heterocycles. The minimum atomic E-state index is 0.175. The first-order valence-corrected chi connectivity index (χ1v) is 5.11. The molecule has 72 valence electrons. The standard InChI is InChI=1S/C12H14N2/c1-2-4-11-7-12(8-13-9-14-12)6-5-10(11)3-1/h1-6,13-14H,7-9H2. The minimum absolute atomic E-state index is 0.175. The molecule has 0 aromatic heterocycles. The van der Waals surface area contributed by atoms with Gasteiger partial charge in [-0.25, -0.2) is 0 Å². The van der Waals surface area contributed by atoms with Crippen molar-refractivity contribution in [2.75, 3.05) is 13.2 Å². The molecule has 1 aliphatic heterocycles. The van der Waals surface area contributed by atoms with Crippen molar-refractivity contribution in [3.05, 3.63) is 41.5 Å². The highest BCUT2D eigenvalue weighted by Crippen LogP contribution is 2.26. The molecule has 1 aromatic carbocycles. The number of rotatable bonds is 0. The largest absolute Gasteiger partial charge is 0.302 e. The van der Waals surface area contributed by atoms with Crippen molar-refractivity contribution in [1.29, 1.82) is 0 Å². The van der Waals surface area contributed by atoms with E-state index >= 15 is 0 Å². The Morgan fingerprint density at radius 2 is 2.14 bits per heavy atom. The SMILES string of the molecule is C1=CC2(CNCN2)Cc2ccccc21. The third-order valence-electron chi connectivity index (χ3n) is 3.15. The molecule has 1 spiro atoms. The van der Waals surface area contributed by atoms with Crippen LogP contribution in [0.3, 0.4) is 0 Å². The summed E-state index contributed by atoms with van der Waals surface area (Å²) in [6.07, 6.45) is 5.64. The Balaban J connectivity index is 2.00. The van der Waals surface area contributed by atoms with E-state index in [1.165, 1.54) is 11.1 Å². The lowest BCUT2D eigenvalue weighted by atomic mass is 9.84. The van der Waals surface area contributed by atoms with Gasteiger partial charge < -0.3 is 5.32 Å². The fourth-order valence-corrected chi connectivity index (χ4v) is 2.34. The molecular formula is C12H14N2. The normalized spacial score (nSPS) is 29.4. The summed E-state index contributed by atoms with van der Waals surface area (Å²) in [6, 6.07) is 8.62. The molecule has 2 heteroatoms. The highest BCUT2D eigenvalue weighted by atomic mass is 15.2. The molecule has 1 unspecified atom stereocenters. The molecule has 2 nitrogen and oxygen atoms in total. The quantitative estimate of drug-likeness (QED) is 0.635. The number of hydrogen-bond acceptors (Lipinski definition) is 2. The van der Waals surface area contributed by atoms with E-state index < -0.39 is 0 Å². The van der Waals surface area contributed by atoms with Crippen LogP contribution in [0.25, 0.3) is 6.08 Å². The average molecular weight is 186 g/mol. The summed E-state index contributed by atoms with van der Waals surface area (Å²) in [5.41, 5.74) is 2.99. The number of hydrogen-bond donors (Lipinski definition) is 2. The lowest BCUT2D eigenvalue weighted by Gasteiger charge is -2.29. The predicted molar refractivity (Wildman–Crippen MR) is 57.9 cm³/mol. The van der Waals surface area contributed by atoms with E-state index in [-0.39, 0.29) is 5.54 Å². The monoisotopic (exact) mass is 186 g/mol. The predicted octanol–water partition coefficient (Wildman–Crippen LogP) is 1.14. The molecule has 1 aliphatic carbocycles. The van der Waals surface area contributed by atoms with Crippen LogP contribution in [0.4, 0.5) is 0 Å². The molecular weight excluding hydrogens is 172 g/mol. The maximum atomic E-state index is 3.51. The van der Waals surface area contributed by atoms with Gasteiger partial charge in [0, 0.05) is 13.2 Å². The van der Waals surface area contributed by atoms with E-state index in [1.807, 2.05) is 0 Å². The van der Waals surface area contributed by atoms with Crippen LogP contribution in [-0.2, 0) is 6.42 Å². The zero-order valence-electron chi connectivity index (χ0n) is 8.09. The van der Waals surface area contributed by atoms with Gasteiger partial charge in [-0.15, -0.1) is 0 Å². The van der Waals surface area contributed by atoms with Gasteiger partial charge in [0.15, 0.2) is 0 Å². The van der Waals surface area contributed by atoms with E-state index in [0.29, 0.717) is 0 Å². The van der Waals surface area contributed by atoms with Crippen molar-refractivity contribution >= 4 is 6.08 Å². The van der Waals surface area contributed by atoms with Crippen LogP contribution < -0.4 is 10.6 Å². The van der Waals surface area contributed by atoms with Crippen LogP contribution in [0.1, 0.15) is 11.1 Å². The first-order chi connectivity index (χ1) is 6.88. The Hall–Kier alpha value is -1.12. The fourth-order valence-electron chi connectivity index (χ4n) is 2.34. The van der Waals surface area contributed by atoms with Gasteiger partial charge in [-0.1, -0.05) is 36.4 Å². The van der Waals surface area contributed by atoms with Crippen molar-refractivity contribution in [3.8, 4) is 0 Å². The molecule has 0 saturated carbocycles. The van der Waals surface area contributed by atoms with Gasteiger partial charge in [0.2, 0.25) is 0 Å². The van der Waals surface area contributed by atoms with E-state index in [0.717, 1.165) is 19.6 Å². The summed E-state index contributed by atoms with van der Waals surface area (Å²) >= 11 is 0. The van der Waals surface area contributed by atoms with E-state index in [1.54, 1.807) is 0 Å². The Bertz CT molecular complexity index is 376. The summed E-state index contributed by atoms with van der Waals surface area (Å²) in [5.74, 6) is 0. The van der Waals surface area contributed by atoms with E-state index in [2.05, 4.69) is 47.1 Å². The minimum Gasteiger partial charge on any atom is -0.302 e. The first-order valence-electron chi connectivity index (χ1n) is 5.11. The molecule has 1 heterocycles. The molecule has 1 fully saturated rings. The lowest BCUT2D eigenvalue weighted by Crippen LogP contribution is -2.43. The highest BCUT2D eigenvalue weighted by Gasteiger charge is 2.33. The van der Waals surface area contributed by atoms with Crippen LogP contribution >= 0.6 is 0 Å². The van der Waals surface area contributed by atoms with Gasteiger partial charge in [-0.05, 0) is 17.5 Å². The highest BCUT2D eigenvalue weighted by molar-refractivity contribution is 5.59. The third kappa shape index (κ3) is 1.19. The third-order valence-corrected chi connectivity index (χ3v) is 3.15. The molecule has 2 N–H and O–H groups in total. The fraction of sp³-hybridized carbons (Fsp3) is 0.333. The van der Waals surface area contributed by atoms with Gasteiger partial charge in [-0.2, -0.15) is 0 Å². The van der Waals surface area contributed by atoms with Crippen molar-refractivity contribution in [3.63, 3.8) is 0 Å². The number of nitrogens with one attached hydrogen (secondary N) is 2. The van der Waals surface area contributed by atoms with Crippen molar-refractivity contribution in [2.45, 2.75) is 12.0 Å². The van der Waals surface area contributed by atoms with E-state index in [4.69, 9.17) is 0 Å². The second kappa shape index (κ2) is 2.94. The Labute approximate surface area is 84.0 Å². The molecule has 1 aromatic rings. The van der Waals surface area contributed by atoms with Crippen LogP contribution in [0.15, 0.2) is 30.3 Å². The molecule has 0 bridgehead atoms. The smallest absolute Gasteiger partial charge is 0.0545 e. The average Bonchev–Trinajstić information content (AvgIpc) is 2.66. The molecule has 0 radical (unpaired) electrons. The van der Waals surface area contributed by atoms with Crippen LogP contribution in [0.2, 0.25) is 0 Å². The van der Waals surface area contributed by atoms with Gasteiger partial charge in [0.05, 0.1) is 5.54 Å². The van der Waals surface area contributed by atoms with Gasteiger partial charge in [0.25, 0.3) is 0 Å². The summed E-state index contributed by atoms with van der Waals surface area (Å²) in [7, 11) is 0. The Morgan fingerprint density at radius 1 is 1.21 bits per heavy atom. The van der Waals surface area contributed by atoms with Gasteiger partial charge in [0.1, 0.15) is 0 Å². The Kier molecular flexibility index (Phi) is 1.72. The van der Waals surface area contributed by atoms with E-state index in [9.17, 15) is 0 Å². The first kappa shape index (κ1) is 8.21. The van der Waals surface area contributed by atoms with Crippen molar-refractivity contribution in [1.82, 2.24) is 10.6 Å². The molecule has 14 heavy (non-hydrogen) atoms. The molecule has 3 rings (SSSR count). The zero-order chi connectivity index (χ0) is 9.43. The van der Waals surface area contributed by atoms with Gasteiger partial charge in [-0.3, -0.25) is 5.32 Å². The maximum absolute atomic E-state index is 3.51. The van der Waals surface area contributed by atoms with Crippen molar-refractivity contribution in [2.24, 2.45) is 0 Å². The number of fused-ring (bicyclic) bond motifs is 1. The second-order valence-electron chi connectivity index (χ2n) is 4.15. The topological polar surface area (TPSA) is 24.1 Å². The van der Waals surface area contributed by atoms with Gasteiger partial charge >= 0.3 is 0 Å². The molecule has 2 aliphatic rings. The lowest BCUT2D eigenvalue weighted by molar-refractivity contribution is 0.490. The molecule has 1 atom stereocenters. The van der Waals surface area contributed by atoms with Crippen LogP contribution in [-0.4, -0.2) is 18.8 Å². The Morgan fingerprint density at radius 3 is 3.00 bits per heavy atom. The maximum Gasteiger partial charge on any atom is 0.0545 e. The van der Waals surface area contributed by atoms with Crippen molar-refractivity contribution < 1.29 is 0 Å². The summed E-state index contributed by atoms with van der Waals surface area (Å²) in [5, 5.41) is 6.87. The summed E-state index contributed by atoms with van der Waals surface area (Å²) in [4.78, 5) is 0. The summed E-state index contributed by atoms with van der Waals surface area (Å²) < 4.78 is 0. The molecule has 0 amide bonds. The number of benzene rings is 1. The zero-order valence-corrected chi connectivity index (χ0v) is 8.09. The second-order valence-corrected chi connectivity index (χ2v) is 4.15. The van der Waals surface area contributed by atoms with Crippen LogP contribution in [0, 0.1) is 0 Å². The van der Waals surface area contributed by atoms with Crippen LogP contribution in [0.5, 0.6) is 0 Å².